The highest BCUT2D eigenvalue weighted by Gasteiger charge is 2.54. The first-order chi connectivity index (χ1) is 19.7. The molecule has 0 aliphatic carbocycles. The van der Waals surface area contributed by atoms with E-state index >= 15 is 0 Å². The molecule has 0 saturated carbocycles. The lowest BCUT2D eigenvalue weighted by Crippen LogP contribution is -2.66. The lowest BCUT2D eigenvalue weighted by Gasteiger charge is -2.52. The van der Waals surface area contributed by atoms with Crippen molar-refractivity contribution in [1.82, 2.24) is 4.90 Å². The molecule has 0 bridgehead atoms. The van der Waals surface area contributed by atoms with E-state index in [9.17, 15) is 10.1 Å². The van der Waals surface area contributed by atoms with E-state index in [0.29, 0.717) is 0 Å². The molecule has 0 radical (unpaired) electrons. The van der Waals surface area contributed by atoms with Gasteiger partial charge in [-0.25, -0.2) is 4.79 Å². The van der Waals surface area contributed by atoms with Gasteiger partial charge in [-0.1, -0.05) is 119 Å². The van der Waals surface area contributed by atoms with Gasteiger partial charge >= 0.3 is 6.09 Å². The van der Waals surface area contributed by atoms with Crippen LogP contribution in [0.5, 0.6) is 0 Å². The minimum atomic E-state index is -0.953. The van der Waals surface area contributed by atoms with Crippen LogP contribution < -0.4 is 0 Å². The molecule has 1 aliphatic heterocycles. The average Bonchev–Trinajstić information content (AvgIpc) is 2.96. The number of hydrogen-bond donors (Lipinski definition) is 0. The number of rotatable bonds is 7. The van der Waals surface area contributed by atoms with E-state index < -0.39 is 29.4 Å². The summed E-state index contributed by atoms with van der Waals surface area (Å²) in [5.41, 5.74) is 2.23. The third-order valence-corrected chi connectivity index (χ3v) is 7.94. The highest BCUT2D eigenvalue weighted by atomic mass is 79.9. The summed E-state index contributed by atoms with van der Waals surface area (Å²) < 4.78 is 13.8. The minimum absolute atomic E-state index is 0.177. The van der Waals surface area contributed by atoms with E-state index in [1.807, 2.05) is 99.6 Å². The standard InChI is InChI=1S/C35H33BrN2O3/c1-34(2,3)41-33(39)38-30(23-37)32(25-19-21-29(36)22-20-25)31(38)24-40-35(26-13-7-4-8-14-26,27-15-9-5-10-16-27)28-17-11-6-12-18-28/h4-22,30-32H,24H2,1-3H3/t30-,31+,32-/m1/s1. The number of carbonyl (C=O) groups excluding carboxylic acids is 1. The Hall–Kier alpha value is -3.92. The second-order valence-electron chi connectivity index (χ2n) is 11.2. The summed E-state index contributed by atoms with van der Waals surface area (Å²) in [6.07, 6.45) is -0.518. The molecule has 1 amide bonds. The molecule has 4 aromatic rings. The first-order valence-electron chi connectivity index (χ1n) is 13.7. The SMILES string of the molecule is CC(C)(C)OC(=O)N1[C@H](C#N)[C@@H](c2ccc(Br)cc2)[C@@H]1COC(c1ccccc1)(c1ccccc1)c1ccccc1. The highest BCUT2D eigenvalue weighted by molar-refractivity contribution is 9.10. The molecule has 0 spiro atoms. The quantitative estimate of drug-likeness (QED) is 0.199. The number of carbonyl (C=O) groups is 1. The van der Waals surface area contributed by atoms with E-state index in [-0.39, 0.29) is 12.5 Å². The zero-order valence-corrected chi connectivity index (χ0v) is 25.0. The zero-order chi connectivity index (χ0) is 29.0. The number of hydrogen-bond acceptors (Lipinski definition) is 4. The molecular weight excluding hydrogens is 576 g/mol. The van der Waals surface area contributed by atoms with Crippen LogP contribution in [0.25, 0.3) is 0 Å². The molecule has 0 aromatic heterocycles. The van der Waals surface area contributed by atoms with Crippen LogP contribution in [0, 0.1) is 11.3 Å². The van der Waals surface area contributed by atoms with Crippen molar-refractivity contribution >= 4 is 22.0 Å². The van der Waals surface area contributed by atoms with Gasteiger partial charge in [0.1, 0.15) is 17.2 Å². The summed E-state index contributed by atoms with van der Waals surface area (Å²) in [5, 5.41) is 10.2. The summed E-state index contributed by atoms with van der Waals surface area (Å²) >= 11 is 3.51. The maximum Gasteiger partial charge on any atom is 0.411 e. The van der Waals surface area contributed by atoms with Crippen LogP contribution in [0.15, 0.2) is 120 Å². The van der Waals surface area contributed by atoms with E-state index in [1.165, 1.54) is 0 Å². The number of ether oxygens (including phenoxy) is 2. The molecule has 1 heterocycles. The molecule has 1 aliphatic rings. The van der Waals surface area contributed by atoms with Crippen LogP contribution >= 0.6 is 15.9 Å². The van der Waals surface area contributed by atoms with Gasteiger partial charge in [0.2, 0.25) is 0 Å². The predicted octanol–water partition coefficient (Wildman–Crippen LogP) is 8.05. The third kappa shape index (κ3) is 5.79. The summed E-state index contributed by atoms with van der Waals surface area (Å²) in [6.45, 7) is 5.66. The Morgan fingerprint density at radius 2 is 1.27 bits per heavy atom. The van der Waals surface area contributed by atoms with Crippen molar-refractivity contribution in [3.05, 3.63) is 142 Å². The molecule has 6 heteroatoms. The van der Waals surface area contributed by atoms with Crippen LogP contribution in [-0.4, -0.2) is 35.3 Å². The smallest absolute Gasteiger partial charge is 0.411 e. The molecule has 41 heavy (non-hydrogen) atoms. The molecular formula is C35H33BrN2O3. The van der Waals surface area contributed by atoms with Crippen molar-refractivity contribution in [2.75, 3.05) is 6.61 Å². The first kappa shape index (κ1) is 28.6. The van der Waals surface area contributed by atoms with Crippen molar-refractivity contribution in [2.24, 2.45) is 0 Å². The minimum Gasteiger partial charge on any atom is -0.444 e. The molecule has 1 fully saturated rings. The maximum absolute atomic E-state index is 13.5. The van der Waals surface area contributed by atoms with Gasteiger partial charge in [0.15, 0.2) is 0 Å². The van der Waals surface area contributed by atoms with Crippen LogP contribution in [0.4, 0.5) is 4.79 Å². The largest absolute Gasteiger partial charge is 0.444 e. The summed E-state index contributed by atoms with van der Waals surface area (Å²) in [4.78, 5) is 15.0. The summed E-state index contributed by atoms with van der Waals surface area (Å²) in [7, 11) is 0. The number of halogens is 1. The normalized spacial score (nSPS) is 18.7. The zero-order valence-electron chi connectivity index (χ0n) is 23.4. The number of amides is 1. The van der Waals surface area contributed by atoms with Crippen molar-refractivity contribution in [3.8, 4) is 6.07 Å². The Kier molecular flexibility index (Phi) is 8.30. The number of nitrogens with zero attached hydrogens (tertiary/aromatic N) is 2. The van der Waals surface area contributed by atoms with Gasteiger partial charge in [0.05, 0.1) is 18.7 Å². The van der Waals surface area contributed by atoms with E-state index in [4.69, 9.17) is 9.47 Å². The third-order valence-electron chi connectivity index (χ3n) is 7.41. The second-order valence-corrected chi connectivity index (χ2v) is 12.1. The van der Waals surface area contributed by atoms with Crippen molar-refractivity contribution in [1.29, 1.82) is 5.26 Å². The Morgan fingerprint density at radius 1 is 0.805 bits per heavy atom. The highest BCUT2D eigenvalue weighted by Crippen LogP contribution is 2.45. The Labute approximate surface area is 250 Å². The van der Waals surface area contributed by atoms with Gasteiger partial charge in [-0.05, 0) is 55.2 Å². The summed E-state index contributed by atoms with van der Waals surface area (Å²) in [5.74, 6) is -0.249. The predicted molar refractivity (Wildman–Crippen MR) is 163 cm³/mol. The van der Waals surface area contributed by atoms with Gasteiger partial charge < -0.3 is 9.47 Å². The van der Waals surface area contributed by atoms with Crippen LogP contribution in [0.1, 0.15) is 48.9 Å². The fourth-order valence-corrected chi connectivity index (χ4v) is 5.88. The van der Waals surface area contributed by atoms with Crippen LogP contribution in [0.3, 0.4) is 0 Å². The maximum atomic E-state index is 13.5. The number of benzene rings is 4. The van der Waals surface area contributed by atoms with Crippen molar-refractivity contribution in [2.45, 2.75) is 50.0 Å². The number of likely N-dealkylation sites (tertiary alicyclic amines) is 1. The van der Waals surface area contributed by atoms with Crippen molar-refractivity contribution < 1.29 is 14.3 Å². The monoisotopic (exact) mass is 608 g/mol. The fourth-order valence-electron chi connectivity index (χ4n) is 5.62. The number of nitriles is 1. The second kappa shape index (κ2) is 11.9. The molecule has 1 saturated heterocycles. The Morgan fingerprint density at radius 3 is 1.68 bits per heavy atom. The molecule has 208 valence electrons. The van der Waals surface area contributed by atoms with Crippen LogP contribution in [-0.2, 0) is 15.1 Å². The van der Waals surface area contributed by atoms with Crippen LogP contribution in [0.2, 0.25) is 0 Å². The Bertz CT molecular complexity index is 1400. The van der Waals surface area contributed by atoms with Gasteiger partial charge in [-0.3, -0.25) is 4.90 Å². The van der Waals surface area contributed by atoms with E-state index in [2.05, 4.69) is 58.4 Å². The Balaban J connectivity index is 1.60. The molecule has 0 N–H and O–H groups in total. The topological polar surface area (TPSA) is 62.6 Å². The van der Waals surface area contributed by atoms with Gasteiger partial charge in [0.25, 0.3) is 0 Å². The molecule has 0 unspecified atom stereocenters. The van der Waals surface area contributed by atoms with Gasteiger partial charge in [-0.15, -0.1) is 0 Å². The first-order valence-corrected chi connectivity index (χ1v) is 14.5. The molecule has 4 aromatic carbocycles. The van der Waals surface area contributed by atoms with Gasteiger partial charge in [-0.2, -0.15) is 5.26 Å². The molecule has 5 rings (SSSR count). The van der Waals surface area contributed by atoms with Gasteiger partial charge in [0, 0.05) is 10.4 Å². The van der Waals surface area contributed by atoms with E-state index in [1.54, 1.807) is 4.90 Å². The lowest BCUT2D eigenvalue weighted by atomic mass is 9.75. The molecule has 5 nitrogen and oxygen atoms in total. The average molecular weight is 610 g/mol. The van der Waals surface area contributed by atoms with Crippen molar-refractivity contribution in [3.63, 3.8) is 0 Å². The van der Waals surface area contributed by atoms with E-state index in [0.717, 1.165) is 26.7 Å². The fraction of sp³-hybridized carbons (Fsp3) is 0.257. The lowest BCUT2D eigenvalue weighted by molar-refractivity contribution is -0.0831. The molecule has 3 atom stereocenters. The summed E-state index contributed by atoms with van der Waals surface area (Å²) in [6, 6.07) is 39.6.